The van der Waals surface area contributed by atoms with Crippen LogP contribution < -0.4 is 11.1 Å². The van der Waals surface area contributed by atoms with Crippen LogP contribution in [0.5, 0.6) is 0 Å². The van der Waals surface area contributed by atoms with Crippen molar-refractivity contribution >= 4 is 29.1 Å². The number of nitrogens with two attached hydrogens (primary N) is 1. The van der Waals surface area contributed by atoms with Gasteiger partial charge in [0.1, 0.15) is 17.2 Å². The average molecular weight is 240 g/mol. The lowest BCUT2D eigenvalue weighted by Crippen LogP contribution is -2.19. The average Bonchev–Trinajstić information content (AvgIpc) is 2.27. The zero-order chi connectivity index (χ0) is 12.0. The number of hydrogen-bond acceptors (Lipinski definition) is 6. The van der Waals surface area contributed by atoms with Crippen molar-refractivity contribution in [1.82, 2.24) is 9.97 Å². The molecular formula is C9H12N4O2S. The van der Waals surface area contributed by atoms with Crippen LogP contribution in [0.25, 0.3) is 0 Å². The largest absolute Gasteiger partial charge is 0.465 e. The Bertz CT molecular complexity index is 397. The van der Waals surface area contributed by atoms with E-state index in [9.17, 15) is 4.79 Å². The molecule has 0 aromatic carbocycles. The number of aromatic nitrogens is 2. The maximum absolute atomic E-state index is 11.0. The Morgan fingerprint density at radius 2 is 2.44 bits per heavy atom. The molecule has 0 aliphatic rings. The van der Waals surface area contributed by atoms with Crippen LogP contribution in [0.4, 0.5) is 5.95 Å². The first-order valence-electron chi connectivity index (χ1n) is 4.65. The number of rotatable bonds is 5. The van der Waals surface area contributed by atoms with Crippen LogP contribution >= 0.6 is 12.2 Å². The summed E-state index contributed by atoms with van der Waals surface area (Å²) in [5.41, 5.74) is 5.86. The maximum atomic E-state index is 11.0. The summed E-state index contributed by atoms with van der Waals surface area (Å²) in [6.45, 7) is 2.09. The standard InChI is InChI=1S/C9H12N4O2S/c1-2-15-7(14)5-12-9-11-4-3-6(13-9)8(10)16/h3-4H,2,5H2,1H3,(H2,10,16)(H,11,12,13). The molecule has 7 heteroatoms. The van der Waals surface area contributed by atoms with Gasteiger partial charge in [0.2, 0.25) is 5.95 Å². The van der Waals surface area contributed by atoms with E-state index >= 15 is 0 Å². The van der Waals surface area contributed by atoms with Gasteiger partial charge in [-0.05, 0) is 13.0 Å². The second kappa shape index (κ2) is 5.96. The molecule has 0 radical (unpaired) electrons. The molecule has 0 saturated heterocycles. The number of esters is 1. The number of thiocarbonyl (C=S) groups is 1. The van der Waals surface area contributed by atoms with Gasteiger partial charge in [-0.2, -0.15) is 0 Å². The van der Waals surface area contributed by atoms with Crippen molar-refractivity contribution in [3.8, 4) is 0 Å². The highest BCUT2D eigenvalue weighted by molar-refractivity contribution is 7.80. The van der Waals surface area contributed by atoms with Crippen molar-refractivity contribution in [3.05, 3.63) is 18.0 Å². The topological polar surface area (TPSA) is 90.1 Å². The van der Waals surface area contributed by atoms with Crippen molar-refractivity contribution in [2.75, 3.05) is 18.5 Å². The van der Waals surface area contributed by atoms with Crippen LogP contribution in [-0.2, 0) is 9.53 Å². The van der Waals surface area contributed by atoms with Gasteiger partial charge in [0, 0.05) is 6.20 Å². The van der Waals surface area contributed by atoms with Gasteiger partial charge in [-0.3, -0.25) is 4.79 Å². The molecule has 0 spiro atoms. The van der Waals surface area contributed by atoms with E-state index in [0.29, 0.717) is 18.2 Å². The van der Waals surface area contributed by atoms with Crippen molar-refractivity contribution in [2.24, 2.45) is 5.73 Å². The van der Waals surface area contributed by atoms with Gasteiger partial charge >= 0.3 is 5.97 Å². The Labute approximate surface area is 98.2 Å². The fourth-order valence-corrected chi connectivity index (χ4v) is 1.06. The predicted molar refractivity (Wildman–Crippen MR) is 63.0 cm³/mol. The van der Waals surface area contributed by atoms with E-state index in [4.69, 9.17) is 22.7 Å². The quantitative estimate of drug-likeness (QED) is 0.556. The number of carbonyl (C=O) groups excluding carboxylic acids is 1. The predicted octanol–water partition coefficient (Wildman–Crippen LogP) is 0.0858. The van der Waals surface area contributed by atoms with Crippen LogP contribution in [-0.4, -0.2) is 34.1 Å². The van der Waals surface area contributed by atoms with E-state index in [-0.39, 0.29) is 17.5 Å². The van der Waals surface area contributed by atoms with E-state index in [1.165, 1.54) is 6.20 Å². The van der Waals surface area contributed by atoms with Gasteiger partial charge in [0.15, 0.2) is 0 Å². The number of hydrogen-bond donors (Lipinski definition) is 2. The summed E-state index contributed by atoms with van der Waals surface area (Å²) in [5, 5.41) is 2.71. The zero-order valence-electron chi connectivity index (χ0n) is 8.77. The summed E-state index contributed by atoms with van der Waals surface area (Å²) in [4.78, 5) is 19.1. The number of ether oxygens (including phenoxy) is 1. The van der Waals surface area contributed by atoms with Gasteiger partial charge in [0.05, 0.1) is 6.61 Å². The number of carbonyl (C=O) groups is 1. The van der Waals surface area contributed by atoms with Crippen LogP contribution in [0.3, 0.4) is 0 Å². The molecule has 1 aromatic rings. The van der Waals surface area contributed by atoms with Gasteiger partial charge in [0.25, 0.3) is 0 Å². The highest BCUT2D eigenvalue weighted by Gasteiger charge is 2.04. The summed E-state index contributed by atoms with van der Waals surface area (Å²) in [7, 11) is 0. The molecule has 86 valence electrons. The molecule has 0 unspecified atom stereocenters. The summed E-state index contributed by atoms with van der Waals surface area (Å²) >= 11 is 4.77. The van der Waals surface area contributed by atoms with E-state index < -0.39 is 0 Å². The molecule has 0 atom stereocenters. The van der Waals surface area contributed by atoms with Gasteiger partial charge in [-0.15, -0.1) is 0 Å². The molecule has 0 aliphatic carbocycles. The SMILES string of the molecule is CCOC(=O)CNc1nccc(C(N)=S)n1. The van der Waals surface area contributed by atoms with Crippen molar-refractivity contribution in [2.45, 2.75) is 6.92 Å². The molecule has 6 nitrogen and oxygen atoms in total. The smallest absolute Gasteiger partial charge is 0.325 e. The molecule has 0 bridgehead atoms. The first-order valence-corrected chi connectivity index (χ1v) is 5.06. The Morgan fingerprint density at radius 1 is 1.69 bits per heavy atom. The van der Waals surface area contributed by atoms with Gasteiger partial charge in [-0.1, -0.05) is 12.2 Å². The molecule has 0 amide bonds. The molecule has 1 aromatic heterocycles. The molecule has 1 heterocycles. The summed E-state index contributed by atoms with van der Waals surface area (Å²) in [5.74, 6) is -0.0785. The normalized spacial score (nSPS) is 9.56. The highest BCUT2D eigenvalue weighted by atomic mass is 32.1. The minimum atomic E-state index is -0.369. The number of nitrogens with one attached hydrogen (secondary N) is 1. The monoisotopic (exact) mass is 240 g/mol. The third-order valence-electron chi connectivity index (χ3n) is 1.60. The van der Waals surface area contributed by atoms with Crippen LogP contribution in [0.2, 0.25) is 0 Å². The Morgan fingerprint density at radius 3 is 3.06 bits per heavy atom. The Hall–Kier alpha value is -1.76. The lowest BCUT2D eigenvalue weighted by molar-refractivity contribution is -0.140. The second-order valence-electron chi connectivity index (χ2n) is 2.79. The summed E-state index contributed by atoms with van der Waals surface area (Å²) < 4.78 is 4.73. The minimum Gasteiger partial charge on any atom is -0.465 e. The first-order chi connectivity index (χ1) is 7.63. The lowest BCUT2D eigenvalue weighted by atomic mass is 10.4. The van der Waals surface area contributed by atoms with Crippen molar-refractivity contribution in [3.63, 3.8) is 0 Å². The molecule has 0 fully saturated rings. The molecule has 1 rings (SSSR count). The molecular weight excluding hydrogens is 228 g/mol. The highest BCUT2D eigenvalue weighted by Crippen LogP contribution is 1.99. The number of anilines is 1. The third kappa shape index (κ3) is 3.77. The summed E-state index contributed by atoms with van der Waals surface area (Å²) in [6.07, 6.45) is 1.51. The fraction of sp³-hybridized carbons (Fsp3) is 0.333. The lowest BCUT2D eigenvalue weighted by Gasteiger charge is -2.05. The van der Waals surface area contributed by atoms with Crippen molar-refractivity contribution < 1.29 is 9.53 Å². The maximum Gasteiger partial charge on any atom is 0.325 e. The van der Waals surface area contributed by atoms with Crippen molar-refractivity contribution in [1.29, 1.82) is 0 Å². The minimum absolute atomic E-state index is 0.00856. The first kappa shape index (κ1) is 12.3. The van der Waals surface area contributed by atoms with E-state index in [1.54, 1.807) is 13.0 Å². The van der Waals surface area contributed by atoms with E-state index in [0.717, 1.165) is 0 Å². The Balaban J connectivity index is 2.57. The van der Waals surface area contributed by atoms with Gasteiger partial charge in [-0.25, -0.2) is 9.97 Å². The number of nitrogens with zero attached hydrogens (tertiary/aromatic N) is 2. The fourth-order valence-electron chi connectivity index (χ4n) is 0.944. The summed E-state index contributed by atoms with van der Waals surface area (Å²) in [6, 6.07) is 1.60. The molecule has 0 saturated carbocycles. The Kier molecular flexibility index (Phi) is 4.59. The molecule has 16 heavy (non-hydrogen) atoms. The van der Waals surface area contributed by atoms with Crippen LogP contribution in [0.1, 0.15) is 12.6 Å². The third-order valence-corrected chi connectivity index (χ3v) is 1.81. The van der Waals surface area contributed by atoms with Crippen LogP contribution in [0.15, 0.2) is 12.3 Å². The van der Waals surface area contributed by atoms with Gasteiger partial charge < -0.3 is 15.8 Å². The molecule has 3 N–H and O–H groups in total. The van der Waals surface area contributed by atoms with E-state index in [2.05, 4.69) is 15.3 Å². The molecule has 0 aliphatic heterocycles. The van der Waals surface area contributed by atoms with Crippen LogP contribution in [0, 0.1) is 0 Å². The van der Waals surface area contributed by atoms with E-state index in [1.807, 2.05) is 0 Å². The second-order valence-corrected chi connectivity index (χ2v) is 3.23. The zero-order valence-corrected chi connectivity index (χ0v) is 9.58.